The van der Waals surface area contributed by atoms with Crippen LogP contribution in [-0.2, 0) is 31.6 Å². The van der Waals surface area contributed by atoms with E-state index >= 15 is 0 Å². The Morgan fingerprint density at radius 3 is 1.59 bits per heavy atom. The average molecular weight is 390 g/mol. The molecule has 0 radical (unpaired) electrons. The molecule has 0 saturated carbocycles. The molecule has 0 fully saturated rings. The predicted octanol–water partition coefficient (Wildman–Crippen LogP) is 7.41. The van der Waals surface area contributed by atoms with Crippen molar-refractivity contribution in [2.75, 3.05) is 0 Å². The molecule has 2 aromatic rings. The van der Waals surface area contributed by atoms with Gasteiger partial charge in [0.05, 0.1) is 11.1 Å². The summed E-state index contributed by atoms with van der Waals surface area (Å²) in [6.45, 7) is 7.03. The topological polar surface area (TPSA) is 0 Å². The summed E-state index contributed by atoms with van der Waals surface area (Å²) < 4.78 is 78.0. The smallest absolute Gasteiger partial charge is 0.166 e. The van der Waals surface area contributed by atoms with Crippen LogP contribution in [-0.4, -0.2) is 0 Å². The fraction of sp³-hybridized carbons (Fsp3) is 0.429. The lowest BCUT2D eigenvalue weighted by atomic mass is 9.96. The molecule has 150 valence electrons. The molecule has 0 aliphatic rings. The zero-order valence-corrected chi connectivity index (χ0v) is 15.9. The van der Waals surface area contributed by atoms with Crippen LogP contribution in [0.15, 0.2) is 36.4 Å². The summed E-state index contributed by atoms with van der Waals surface area (Å²) in [6, 6.07) is 8.18. The molecule has 0 amide bonds. The van der Waals surface area contributed by atoms with Crippen molar-refractivity contribution < 1.29 is 26.3 Å². The van der Waals surface area contributed by atoms with Crippen molar-refractivity contribution in [3.63, 3.8) is 0 Å². The normalized spacial score (nSPS) is 11.8. The van der Waals surface area contributed by atoms with E-state index < -0.39 is 23.5 Å². The van der Waals surface area contributed by atoms with E-state index in [1.807, 2.05) is 13.8 Å². The minimum absolute atomic E-state index is 0.128. The van der Waals surface area contributed by atoms with E-state index in [2.05, 4.69) is 0 Å². The van der Waals surface area contributed by atoms with Crippen LogP contribution in [0.2, 0.25) is 0 Å². The Balaban J connectivity index is 0.00000176. The highest BCUT2D eigenvalue weighted by Gasteiger charge is 2.33. The number of aryl methyl sites for hydroxylation is 4. The first-order valence-corrected chi connectivity index (χ1v) is 8.88. The van der Waals surface area contributed by atoms with Gasteiger partial charge in [0.15, 0.2) is 0 Å². The summed E-state index contributed by atoms with van der Waals surface area (Å²) in [4.78, 5) is 0. The Hall–Kier alpha value is -1.98. The molecule has 0 aromatic heterocycles. The summed E-state index contributed by atoms with van der Waals surface area (Å²) in [6.07, 6.45) is -8.12. The van der Waals surface area contributed by atoms with E-state index in [1.165, 1.54) is 19.1 Å². The van der Waals surface area contributed by atoms with Crippen molar-refractivity contribution >= 4 is 0 Å². The predicted molar refractivity (Wildman–Crippen MR) is 95.8 cm³/mol. The van der Waals surface area contributed by atoms with Gasteiger partial charge in [-0.2, -0.15) is 26.3 Å². The van der Waals surface area contributed by atoms with Gasteiger partial charge < -0.3 is 0 Å². The number of hydrogen-bond donors (Lipinski definition) is 0. The van der Waals surface area contributed by atoms with Gasteiger partial charge in [-0.25, -0.2) is 0 Å². The van der Waals surface area contributed by atoms with Gasteiger partial charge in [-0.15, -0.1) is 0 Å². The zero-order chi connectivity index (χ0) is 20.8. The van der Waals surface area contributed by atoms with E-state index in [0.717, 1.165) is 12.1 Å². The van der Waals surface area contributed by atoms with E-state index in [1.54, 1.807) is 19.1 Å². The van der Waals surface area contributed by atoms with Crippen LogP contribution >= 0.6 is 0 Å². The third kappa shape index (κ3) is 6.29. The van der Waals surface area contributed by atoms with Gasteiger partial charge >= 0.3 is 12.4 Å². The molecule has 0 N–H and O–H groups in total. The minimum Gasteiger partial charge on any atom is -0.166 e. The first-order chi connectivity index (χ1) is 12.5. The minimum atomic E-state index is -4.44. The van der Waals surface area contributed by atoms with Crippen LogP contribution < -0.4 is 0 Å². The molecule has 6 heteroatoms. The molecule has 0 aliphatic heterocycles. The number of benzene rings is 2. The van der Waals surface area contributed by atoms with Crippen molar-refractivity contribution in [1.82, 2.24) is 0 Å². The second-order valence-corrected chi connectivity index (χ2v) is 5.99. The summed E-state index contributed by atoms with van der Waals surface area (Å²) in [7, 11) is 0. The lowest BCUT2D eigenvalue weighted by molar-refractivity contribution is -0.139. The molecule has 0 atom stereocenters. The van der Waals surface area contributed by atoms with Crippen LogP contribution in [0.25, 0.3) is 0 Å². The van der Waals surface area contributed by atoms with E-state index in [4.69, 9.17) is 0 Å². The number of halogens is 6. The highest BCUT2D eigenvalue weighted by atomic mass is 19.4. The van der Waals surface area contributed by atoms with Gasteiger partial charge in [-0.3, -0.25) is 0 Å². The van der Waals surface area contributed by atoms with Crippen molar-refractivity contribution in [2.45, 2.75) is 59.3 Å². The van der Waals surface area contributed by atoms with E-state index in [9.17, 15) is 26.3 Å². The second kappa shape index (κ2) is 9.29. The van der Waals surface area contributed by atoms with Crippen molar-refractivity contribution in [3.8, 4) is 0 Å². The average Bonchev–Trinajstić information content (AvgIpc) is 2.60. The lowest BCUT2D eigenvalue weighted by Gasteiger charge is -2.14. The van der Waals surface area contributed by atoms with Crippen molar-refractivity contribution in [1.29, 1.82) is 0 Å². The van der Waals surface area contributed by atoms with Crippen LogP contribution in [0, 0.1) is 6.92 Å². The van der Waals surface area contributed by atoms with Gasteiger partial charge in [0, 0.05) is 0 Å². The van der Waals surface area contributed by atoms with Crippen molar-refractivity contribution in [3.05, 3.63) is 69.8 Å². The number of hydrogen-bond acceptors (Lipinski definition) is 0. The Kier molecular flexibility index (Phi) is 7.93. The van der Waals surface area contributed by atoms with Crippen LogP contribution in [0.5, 0.6) is 0 Å². The monoisotopic (exact) mass is 390 g/mol. The van der Waals surface area contributed by atoms with Gasteiger partial charge in [0.1, 0.15) is 0 Å². The molecule has 0 bridgehead atoms. The number of alkyl halides is 6. The summed E-state index contributed by atoms with van der Waals surface area (Å²) in [5, 5.41) is 0. The molecule has 0 heterocycles. The number of rotatable bonds is 4. The third-order valence-corrected chi connectivity index (χ3v) is 4.17. The van der Waals surface area contributed by atoms with Gasteiger partial charge in [0.2, 0.25) is 0 Å². The molecule has 0 nitrogen and oxygen atoms in total. The van der Waals surface area contributed by atoms with Crippen LogP contribution in [0.3, 0.4) is 0 Å². The molecule has 0 saturated heterocycles. The van der Waals surface area contributed by atoms with Crippen molar-refractivity contribution in [2.24, 2.45) is 0 Å². The standard InChI is InChI=1S/C19H18F6.C2H6/c1-3-15-9-8-14(11-17(15)19(23,24)25)7-6-13-5-4-12(2)16(10-13)18(20,21)22;1-2/h4-5,8-11H,3,6-7H2,1-2H3;1-2H3. The highest BCUT2D eigenvalue weighted by molar-refractivity contribution is 5.36. The highest BCUT2D eigenvalue weighted by Crippen LogP contribution is 2.34. The first-order valence-electron chi connectivity index (χ1n) is 8.88. The SMILES string of the molecule is CC.CCc1ccc(CCc2ccc(C)c(C(F)(F)F)c2)cc1C(F)(F)F. The quantitative estimate of drug-likeness (QED) is 0.477. The molecule has 0 aliphatic carbocycles. The molecular weight excluding hydrogens is 366 g/mol. The summed E-state index contributed by atoms with van der Waals surface area (Å²) in [5.74, 6) is 0. The van der Waals surface area contributed by atoms with E-state index in [0.29, 0.717) is 11.1 Å². The van der Waals surface area contributed by atoms with Crippen LogP contribution in [0.1, 0.15) is 54.2 Å². The molecule has 2 aromatic carbocycles. The second-order valence-electron chi connectivity index (χ2n) is 5.99. The Morgan fingerprint density at radius 1 is 0.704 bits per heavy atom. The van der Waals surface area contributed by atoms with Gasteiger partial charge in [-0.05, 0) is 60.6 Å². The summed E-state index contributed by atoms with van der Waals surface area (Å²) >= 11 is 0. The molecular formula is C21H24F6. The maximum Gasteiger partial charge on any atom is 0.416 e. The molecule has 0 spiro atoms. The fourth-order valence-electron chi connectivity index (χ4n) is 2.77. The first kappa shape index (κ1) is 23.1. The van der Waals surface area contributed by atoms with Gasteiger partial charge in [-0.1, -0.05) is 45.0 Å². The van der Waals surface area contributed by atoms with E-state index in [-0.39, 0.29) is 30.4 Å². The lowest BCUT2D eigenvalue weighted by Crippen LogP contribution is -2.10. The fourth-order valence-corrected chi connectivity index (χ4v) is 2.77. The molecule has 0 unspecified atom stereocenters. The Labute approximate surface area is 156 Å². The Bertz CT molecular complexity index is 741. The largest absolute Gasteiger partial charge is 0.416 e. The van der Waals surface area contributed by atoms with Gasteiger partial charge in [0.25, 0.3) is 0 Å². The summed E-state index contributed by atoms with van der Waals surface area (Å²) in [5.41, 5.74) is -0.131. The molecule has 2 rings (SSSR count). The Morgan fingerprint density at radius 2 is 1.15 bits per heavy atom. The molecule has 27 heavy (non-hydrogen) atoms. The zero-order valence-electron chi connectivity index (χ0n) is 15.9. The maximum absolute atomic E-state index is 13.1. The maximum atomic E-state index is 13.1. The van der Waals surface area contributed by atoms with Crippen LogP contribution in [0.4, 0.5) is 26.3 Å². The third-order valence-electron chi connectivity index (χ3n) is 4.17.